The van der Waals surface area contributed by atoms with E-state index in [0.717, 1.165) is 37.1 Å². The predicted octanol–water partition coefficient (Wildman–Crippen LogP) is 2.39. The van der Waals surface area contributed by atoms with Crippen molar-refractivity contribution in [3.63, 3.8) is 0 Å². The average Bonchev–Trinajstić information content (AvgIpc) is 2.60. The zero-order valence-corrected chi connectivity index (χ0v) is 15.4. The minimum absolute atomic E-state index is 0.00362. The molecule has 136 valence electrons. The molecule has 1 N–H and O–H groups in total. The number of amides is 2. The van der Waals surface area contributed by atoms with Gasteiger partial charge in [-0.1, -0.05) is 39.0 Å². The molecule has 1 fully saturated rings. The fraction of sp³-hybridized carbons (Fsp3) is 0.600. The van der Waals surface area contributed by atoms with Gasteiger partial charge in [-0.2, -0.15) is 0 Å². The molecule has 2 aliphatic heterocycles. The standard InChI is InChI=1S/C20H28N2O3/c1-20(2,3)19(24)22-10-6-8-15(12-22)18(23)21-16-11-14-7-4-5-9-17(14)25-13-16/h4-5,7,9,15-16H,6,8,10-13H2,1-3H3,(H,21,23)/t15-,16+/m1/s1. The van der Waals surface area contributed by atoms with Gasteiger partial charge in [0.25, 0.3) is 0 Å². The Labute approximate surface area is 149 Å². The van der Waals surface area contributed by atoms with Gasteiger partial charge >= 0.3 is 0 Å². The molecule has 5 nitrogen and oxygen atoms in total. The molecule has 3 rings (SSSR count). The first kappa shape index (κ1) is 17.8. The van der Waals surface area contributed by atoms with Crippen LogP contribution < -0.4 is 10.1 Å². The van der Waals surface area contributed by atoms with Gasteiger partial charge in [0.15, 0.2) is 0 Å². The first-order chi connectivity index (χ1) is 11.8. The number of piperidine rings is 1. The van der Waals surface area contributed by atoms with Gasteiger partial charge in [0, 0.05) is 18.5 Å². The summed E-state index contributed by atoms with van der Waals surface area (Å²) in [6, 6.07) is 7.95. The van der Waals surface area contributed by atoms with Crippen LogP contribution in [0.15, 0.2) is 24.3 Å². The van der Waals surface area contributed by atoms with E-state index in [2.05, 4.69) is 5.32 Å². The largest absolute Gasteiger partial charge is 0.491 e. The quantitative estimate of drug-likeness (QED) is 0.896. The van der Waals surface area contributed by atoms with Crippen LogP contribution in [-0.2, 0) is 16.0 Å². The number of hydrogen-bond donors (Lipinski definition) is 1. The van der Waals surface area contributed by atoms with Crippen LogP contribution in [0.3, 0.4) is 0 Å². The Morgan fingerprint density at radius 3 is 2.76 bits per heavy atom. The van der Waals surface area contributed by atoms with Crippen LogP contribution in [-0.4, -0.2) is 42.5 Å². The molecule has 5 heteroatoms. The Morgan fingerprint density at radius 2 is 2.00 bits per heavy atom. The van der Waals surface area contributed by atoms with Gasteiger partial charge in [-0.25, -0.2) is 0 Å². The third-order valence-electron chi connectivity index (χ3n) is 4.95. The van der Waals surface area contributed by atoms with Gasteiger partial charge < -0.3 is 15.0 Å². The van der Waals surface area contributed by atoms with Crippen LogP contribution in [0.5, 0.6) is 5.75 Å². The van der Waals surface area contributed by atoms with Crippen LogP contribution in [0, 0.1) is 11.3 Å². The van der Waals surface area contributed by atoms with E-state index in [1.54, 1.807) is 0 Å². The summed E-state index contributed by atoms with van der Waals surface area (Å²) in [5.41, 5.74) is 0.728. The summed E-state index contributed by atoms with van der Waals surface area (Å²) in [6.45, 7) is 7.55. The van der Waals surface area contributed by atoms with Gasteiger partial charge in [0.1, 0.15) is 12.4 Å². The SMILES string of the molecule is CC(C)(C)C(=O)N1CCC[C@@H](C(=O)N[C@@H]2COc3ccccc3C2)C1. The van der Waals surface area contributed by atoms with Crippen molar-refractivity contribution in [1.29, 1.82) is 0 Å². The lowest BCUT2D eigenvalue weighted by molar-refractivity contribution is -0.143. The molecule has 2 heterocycles. The molecule has 0 aromatic heterocycles. The average molecular weight is 344 g/mol. The van der Waals surface area contributed by atoms with E-state index in [4.69, 9.17) is 4.74 Å². The topological polar surface area (TPSA) is 58.6 Å². The summed E-state index contributed by atoms with van der Waals surface area (Å²) in [7, 11) is 0. The van der Waals surface area contributed by atoms with Crippen LogP contribution in [0.1, 0.15) is 39.2 Å². The highest BCUT2D eigenvalue weighted by Gasteiger charge is 2.34. The number of rotatable bonds is 2. The lowest BCUT2D eigenvalue weighted by atomic mass is 9.90. The fourth-order valence-corrected chi connectivity index (χ4v) is 3.59. The van der Waals surface area contributed by atoms with Crippen LogP contribution in [0.25, 0.3) is 0 Å². The minimum atomic E-state index is -0.403. The number of carbonyl (C=O) groups is 2. The van der Waals surface area contributed by atoms with Gasteiger partial charge in [0.2, 0.25) is 11.8 Å². The van der Waals surface area contributed by atoms with E-state index in [0.29, 0.717) is 13.2 Å². The molecular weight excluding hydrogens is 316 g/mol. The number of nitrogens with one attached hydrogen (secondary N) is 1. The van der Waals surface area contributed by atoms with Crippen molar-refractivity contribution in [1.82, 2.24) is 10.2 Å². The maximum absolute atomic E-state index is 12.7. The molecule has 1 saturated heterocycles. The number of hydrogen-bond acceptors (Lipinski definition) is 3. The molecule has 0 bridgehead atoms. The Balaban J connectivity index is 1.57. The van der Waals surface area contributed by atoms with Crippen molar-refractivity contribution in [3.8, 4) is 5.75 Å². The number of likely N-dealkylation sites (tertiary alicyclic amines) is 1. The number of nitrogens with zero attached hydrogens (tertiary/aromatic N) is 1. The lowest BCUT2D eigenvalue weighted by Crippen LogP contribution is -2.51. The number of carbonyl (C=O) groups excluding carboxylic acids is 2. The zero-order chi connectivity index (χ0) is 18.0. The van der Waals surface area contributed by atoms with E-state index in [-0.39, 0.29) is 23.8 Å². The Morgan fingerprint density at radius 1 is 1.24 bits per heavy atom. The Bertz CT molecular complexity index is 651. The van der Waals surface area contributed by atoms with Crippen LogP contribution in [0.2, 0.25) is 0 Å². The second kappa shape index (κ2) is 7.06. The molecule has 1 aromatic carbocycles. The van der Waals surface area contributed by atoms with Crippen molar-refractivity contribution < 1.29 is 14.3 Å². The van der Waals surface area contributed by atoms with E-state index in [9.17, 15) is 9.59 Å². The molecular formula is C20H28N2O3. The minimum Gasteiger partial charge on any atom is -0.491 e. The van der Waals surface area contributed by atoms with E-state index >= 15 is 0 Å². The molecule has 1 aromatic rings. The molecule has 0 aliphatic carbocycles. The molecule has 0 unspecified atom stereocenters. The Kier molecular flexibility index (Phi) is 5.02. The molecule has 2 atom stereocenters. The first-order valence-electron chi connectivity index (χ1n) is 9.15. The van der Waals surface area contributed by atoms with Gasteiger partial charge in [-0.15, -0.1) is 0 Å². The number of ether oxygens (including phenoxy) is 1. The zero-order valence-electron chi connectivity index (χ0n) is 15.4. The fourth-order valence-electron chi connectivity index (χ4n) is 3.59. The van der Waals surface area contributed by atoms with Crippen molar-refractivity contribution in [2.45, 2.75) is 46.1 Å². The van der Waals surface area contributed by atoms with Crippen molar-refractivity contribution in [2.24, 2.45) is 11.3 Å². The highest BCUT2D eigenvalue weighted by Crippen LogP contribution is 2.26. The normalized spacial score (nSPS) is 23.4. The molecule has 25 heavy (non-hydrogen) atoms. The van der Waals surface area contributed by atoms with Gasteiger partial charge in [-0.3, -0.25) is 9.59 Å². The molecule has 2 aliphatic rings. The second-order valence-corrected chi connectivity index (χ2v) is 8.17. The summed E-state index contributed by atoms with van der Waals surface area (Å²) >= 11 is 0. The smallest absolute Gasteiger partial charge is 0.227 e. The van der Waals surface area contributed by atoms with Crippen molar-refractivity contribution in [3.05, 3.63) is 29.8 Å². The maximum Gasteiger partial charge on any atom is 0.227 e. The molecule has 0 radical (unpaired) electrons. The van der Waals surface area contributed by atoms with Gasteiger partial charge in [-0.05, 0) is 30.9 Å². The highest BCUT2D eigenvalue weighted by atomic mass is 16.5. The summed E-state index contributed by atoms with van der Waals surface area (Å²) in [6.07, 6.45) is 2.51. The number of benzene rings is 1. The number of para-hydroxylation sites is 1. The summed E-state index contributed by atoms with van der Waals surface area (Å²) in [5, 5.41) is 3.13. The molecule has 2 amide bonds. The van der Waals surface area contributed by atoms with E-state index in [1.807, 2.05) is 49.9 Å². The third-order valence-corrected chi connectivity index (χ3v) is 4.95. The van der Waals surface area contributed by atoms with Crippen molar-refractivity contribution in [2.75, 3.05) is 19.7 Å². The number of fused-ring (bicyclic) bond motifs is 1. The van der Waals surface area contributed by atoms with E-state index in [1.165, 1.54) is 0 Å². The van der Waals surface area contributed by atoms with Crippen LogP contribution >= 0.6 is 0 Å². The predicted molar refractivity (Wildman–Crippen MR) is 96.3 cm³/mol. The second-order valence-electron chi connectivity index (χ2n) is 8.17. The van der Waals surface area contributed by atoms with Crippen molar-refractivity contribution >= 4 is 11.8 Å². The summed E-state index contributed by atoms with van der Waals surface area (Å²) < 4.78 is 5.75. The maximum atomic E-state index is 12.7. The summed E-state index contributed by atoms with van der Waals surface area (Å²) in [4.78, 5) is 27.0. The van der Waals surface area contributed by atoms with Crippen LogP contribution in [0.4, 0.5) is 0 Å². The van der Waals surface area contributed by atoms with E-state index < -0.39 is 5.41 Å². The monoisotopic (exact) mass is 344 g/mol. The molecule has 0 spiro atoms. The first-order valence-corrected chi connectivity index (χ1v) is 9.15. The third kappa shape index (κ3) is 4.14. The van der Waals surface area contributed by atoms with Gasteiger partial charge in [0.05, 0.1) is 12.0 Å². The highest BCUT2D eigenvalue weighted by molar-refractivity contribution is 5.84. The molecule has 0 saturated carbocycles. The Hall–Kier alpha value is -2.04. The summed E-state index contributed by atoms with van der Waals surface area (Å²) in [5.74, 6) is 0.948. The lowest BCUT2D eigenvalue weighted by Gasteiger charge is -2.36.